The van der Waals surface area contributed by atoms with Crippen molar-refractivity contribution in [1.29, 1.82) is 0 Å². The number of nitrogens with zero attached hydrogens (tertiary/aromatic N) is 2. The number of hydrogen-bond donors (Lipinski definition) is 2. The Morgan fingerprint density at radius 3 is 3.15 bits per heavy atom. The largest absolute Gasteiger partial charge is 0.395 e. The summed E-state index contributed by atoms with van der Waals surface area (Å²) in [6.45, 7) is 0.455. The fraction of sp³-hybridized carbons (Fsp3) is 0.286. The summed E-state index contributed by atoms with van der Waals surface area (Å²) in [6.07, 6.45) is 2.28. The molecule has 0 unspecified atom stereocenters. The van der Waals surface area contributed by atoms with Gasteiger partial charge in [0, 0.05) is 25.0 Å². The van der Waals surface area contributed by atoms with Gasteiger partial charge in [-0.25, -0.2) is 0 Å². The Balaban J connectivity index is 1.91. The van der Waals surface area contributed by atoms with Crippen LogP contribution in [-0.4, -0.2) is 27.4 Å². The van der Waals surface area contributed by atoms with Gasteiger partial charge in [0.1, 0.15) is 0 Å². The van der Waals surface area contributed by atoms with Crippen LogP contribution in [0.25, 0.3) is 0 Å². The molecule has 0 aromatic carbocycles. The third kappa shape index (κ3) is 3.95. The van der Waals surface area contributed by atoms with Crippen LogP contribution in [0.1, 0.15) is 27.3 Å². The van der Waals surface area contributed by atoms with Crippen LogP contribution in [0.5, 0.6) is 0 Å². The van der Waals surface area contributed by atoms with E-state index in [4.69, 9.17) is 5.11 Å². The molecule has 0 fully saturated rings. The Morgan fingerprint density at radius 1 is 1.60 bits per heavy atom. The van der Waals surface area contributed by atoms with E-state index in [2.05, 4.69) is 22.3 Å². The van der Waals surface area contributed by atoms with Crippen LogP contribution < -0.4 is 5.32 Å². The van der Waals surface area contributed by atoms with E-state index in [0.717, 1.165) is 10.6 Å². The lowest BCUT2D eigenvalue weighted by molar-refractivity contribution is 0.0951. The lowest BCUT2D eigenvalue weighted by Gasteiger charge is -2.00. The molecule has 6 heteroatoms. The van der Waals surface area contributed by atoms with Gasteiger partial charge in [0.15, 0.2) is 0 Å². The minimum absolute atomic E-state index is 0.0514. The lowest BCUT2D eigenvalue weighted by atomic mass is 10.3. The molecule has 5 nitrogen and oxygen atoms in total. The number of aryl methyl sites for hydroxylation is 1. The Bertz CT molecular complexity index is 649. The van der Waals surface area contributed by atoms with Gasteiger partial charge >= 0.3 is 0 Å². The second-order valence-corrected chi connectivity index (χ2v) is 5.05. The summed E-state index contributed by atoms with van der Waals surface area (Å²) in [7, 11) is 1.83. The van der Waals surface area contributed by atoms with E-state index in [-0.39, 0.29) is 12.5 Å². The highest BCUT2D eigenvalue weighted by molar-refractivity contribution is 7.10. The third-order valence-corrected chi connectivity index (χ3v) is 3.35. The first kappa shape index (κ1) is 14.3. The van der Waals surface area contributed by atoms with Crippen LogP contribution in [-0.2, 0) is 13.6 Å². The normalized spacial score (nSPS) is 9.90. The van der Waals surface area contributed by atoms with E-state index in [9.17, 15) is 4.79 Å². The monoisotopic (exact) mass is 289 g/mol. The van der Waals surface area contributed by atoms with Gasteiger partial charge in [0.05, 0.1) is 29.3 Å². The van der Waals surface area contributed by atoms with Crippen molar-refractivity contribution in [3.05, 3.63) is 39.8 Å². The molecule has 0 saturated heterocycles. The first-order valence-corrected chi connectivity index (χ1v) is 7.02. The number of aliphatic hydroxyl groups excluding tert-OH is 1. The van der Waals surface area contributed by atoms with Crippen molar-refractivity contribution in [3.63, 3.8) is 0 Å². The highest BCUT2D eigenvalue weighted by Gasteiger charge is 2.08. The Morgan fingerprint density at radius 2 is 2.45 bits per heavy atom. The summed E-state index contributed by atoms with van der Waals surface area (Å²) in [5.74, 6) is 5.60. The summed E-state index contributed by atoms with van der Waals surface area (Å²) in [6, 6.07) is 3.61. The Kier molecular flexibility index (Phi) is 4.93. The van der Waals surface area contributed by atoms with Crippen molar-refractivity contribution < 1.29 is 9.90 Å². The fourth-order valence-electron chi connectivity index (χ4n) is 1.56. The molecule has 1 amide bonds. The van der Waals surface area contributed by atoms with Gasteiger partial charge in [0.25, 0.3) is 5.91 Å². The summed E-state index contributed by atoms with van der Waals surface area (Å²) in [5, 5.41) is 17.4. The van der Waals surface area contributed by atoms with Crippen molar-refractivity contribution in [2.75, 3.05) is 6.61 Å². The van der Waals surface area contributed by atoms with E-state index < -0.39 is 0 Å². The molecule has 0 saturated carbocycles. The molecule has 2 N–H and O–H groups in total. The number of carbonyl (C=O) groups is 1. The molecule has 2 rings (SSSR count). The van der Waals surface area contributed by atoms with Gasteiger partial charge in [-0.2, -0.15) is 5.10 Å². The van der Waals surface area contributed by atoms with Gasteiger partial charge in [-0.1, -0.05) is 11.8 Å². The van der Waals surface area contributed by atoms with Crippen LogP contribution in [0.2, 0.25) is 0 Å². The van der Waals surface area contributed by atoms with Crippen molar-refractivity contribution in [3.8, 4) is 11.8 Å². The minimum atomic E-state index is -0.137. The van der Waals surface area contributed by atoms with Crippen molar-refractivity contribution >= 4 is 17.2 Å². The molecule has 2 aromatic rings. The second-order valence-electron chi connectivity index (χ2n) is 4.14. The zero-order chi connectivity index (χ0) is 14.4. The standard InChI is InChI=1S/C14H15N3O2S/c1-17-6-5-12(16-17)9-15-14(19)11-8-13(20-10-11)4-2-3-7-18/h5-6,8,10,18H,3,7,9H2,1H3,(H,15,19). The molecule has 104 valence electrons. The number of nitrogens with one attached hydrogen (secondary N) is 1. The van der Waals surface area contributed by atoms with E-state index in [0.29, 0.717) is 18.5 Å². The molecule has 0 radical (unpaired) electrons. The summed E-state index contributed by atoms with van der Waals surface area (Å²) in [4.78, 5) is 12.8. The predicted molar refractivity (Wildman–Crippen MR) is 77.3 cm³/mol. The van der Waals surface area contributed by atoms with Gasteiger partial charge in [-0.3, -0.25) is 9.48 Å². The quantitative estimate of drug-likeness (QED) is 0.830. The maximum Gasteiger partial charge on any atom is 0.252 e. The molecule has 0 aliphatic rings. The summed E-state index contributed by atoms with van der Waals surface area (Å²) < 4.78 is 1.70. The molecule has 2 heterocycles. The molecular weight excluding hydrogens is 274 g/mol. The number of amides is 1. The van der Waals surface area contributed by atoms with Crippen LogP contribution >= 0.6 is 11.3 Å². The van der Waals surface area contributed by atoms with Gasteiger partial charge < -0.3 is 10.4 Å². The Hall–Kier alpha value is -2.10. The molecule has 20 heavy (non-hydrogen) atoms. The molecule has 2 aromatic heterocycles. The number of aliphatic hydroxyl groups is 1. The minimum Gasteiger partial charge on any atom is -0.395 e. The Labute approximate surface area is 121 Å². The third-order valence-electron chi connectivity index (χ3n) is 2.51. The number of rotatable bonds is 4. The smallest absolute Gasteiger partial charge is 0.252 e. The van der Waals surface area contributed by atoms with Gasteiger partial charge in [0.2, 0.25) is 0 Å². The highest BCUT2D eigenvalue weighted by Crippen LogP contribution is 2.13. The van der Waals surface area contributed by atoms with Crippen molar-refractivity contribution in [2.45, 2.75) is 13.0 Å². The van der Waals surface area contributed by atoms with Gasteiger partial charge in [-0.15, -0.1) is 11.3 Å². The van der Waals surface area contributed by atoms with Crippen LogP contribution in [0.15, 0.2) is 23.7 Å². The van der Waals surface area contributed by atoms with Crippen LogP contribution in [0, 0.1) is 11.8 Å². The number of hydrogen-bond acceptors (Lipinski definition) is 4. The molecule has 0 atom stereocenters. The molecular formula is C14H15N3O2S. The second kappa shape index (κ2) is 6.89. The molecule has 0 aliphatic heterocycles. The predicted octanol–water partition coefficient (Wildman–Crippen LogP) is 1.15. The fourth-order valence-corrected chi connectivity index (χ4v) is 2.31. The summed E-state index contributed by atoms with van der Waals surface area (Å²) >= 11 is 1.42. The molecule has 0 aliphatic carbocycles. The van der Waals surface area contributed by atoms with Crippen LogP contribution in [0.3, 0.4) is 0 Å². The molecule has 0 spiro atoms. The average molecular weight is 289 g/mol. The van der Waals surface area contributed by atoms with E-state index in [1.54, 1.807) is 16.1 Å². The topological polar surface area (TPSA) is 67.2 Å². The zero-order valence-corrected chi connectivity index (χ0v) is 11.9. The van der Waals surface area contributed by atoms with Crippen LogP contribution in [0.4, 0.5) is 0 Å². The number of carbonyl (C=O) groups excluding carboxylic acids is 1. The highest BCUT2D eigenvalue weighted by atomic mass is 32.1. The number of thiophene rings is 1. The first-order chi connectivity index (χ1) is 9.69. The maximum absolute atomic E-state index is 11.9. The first-order valence-electron chi connectivity index (χ1n) is 6.14. The molecule has 0 bridgehead atoms. The van der Waals surface area contributed by atoms with E-state index in [1.165, 1.54) is 11.3 Å². The zero-order valence-electron chi connectivity index (χ0n) is 11.1. The average Bonchev–Trinajstić information content (AvgIpc) is 3.06. The van der Waals surface area contributed by atoms with E-state index in [1.807, 2.05) is 19.3 Å². The van der Waals surface area contributed by atoms with Crippen molar-refractivity contribution in [1.82, 2.24) is 15.1 Å². The maximum atomic E-state index is 11.9. The van der Waals surface area contributed by atoms with E-state index >= 15 is 0 Å². The van der Waals surface area contributed by atoms with Gasteiger partial charge in [-0.05, 0) is 12.1 Å². The summed E-state index contributed by atoms with van der Waals surface area (Å²) in [5.41, 5.74) is 1.42. The SMILES string of the molecule is Cn1ccc(CNC(=O)c2csc(C#CCCO)c2)n1. The lowest BCUT2D eigenvalue weighted by Crippen LogP contribution is -2.22. The van der Waals surface area contributed by atoms with Crippen molar-refractivity contribution in [2.24, 2.45) is 7.05 Å². The number of aromatic nitrogens is 2.